The normalized spacial score (nSPS) is 18.1. The van der Waals surface area contributed by atoms with E-state index in [-0.39, 0.29) is 29.3 Å². The van der Waals surface area contributed by atoms with Gasteiger partial charge in [-0.25, -0.2) is 12.8 Å². The second-order valence-electron chi connectivity index (χ2n) is 7.89. The number of likely N-dealkylation sites (tertiary alicyclic amines) is 1. The second kappa shape index (κ2) is 7.44. The maximum atomic E-state index is 13.4. The molecule has 29 heavy (non-hydrogen) atoms. The van der Waals surface area contributed by atoms with Crippen LogP contribution in [0.2, 0.25) is 0 Å². The Morgan fingerprint density at radius 2 is 1.83 bits per heavy atom. The van der Waals surface area contributed by atoms with Crippen LogP contribution in [0, 0.1) is 5.82 Å². The van der Waals surface area contributed by atoms with Crippen LogP contribution in [0.15, 0.2) is 48.5 Å². The molecule has 0 aliphatic carbocycles. The molecule has 1 fully saturated rings. The van der Waals surface area contributed by atoms with Crippen LogP contribution in [0.1, 0.15) is 30.9 Å². The fraction of sp³-hybridized carbons (Fsp3) is 0.409. The molecule has 2 aliphatic heterocycles. The number of nitrogens with zero attached hydrogens (tertiary/aromatic N) is 2. The molecule has 2 aromatic rings. The van der Waals surface area contributed by atoms with Gasteiger partial charge in [0.2, 0.25) is 15.9 Å². The van der Waals surface area contributed by atoms with E-state index in [1.54, 1.807) is 23.4 Å². The highest BCUT2D eigenvalue weighted by Gasteiger charge is 2.47. The number of sulfonamides is 1. The summed E-state index contributed by atoms with van der Waals surface area (Å²) in [6, 6.07) is 13.8. The van der Waals surface area contributed by atoms with E-state index in [4.69, 9.17) is 0 Å². The number of rotatable bonds is 4. The number of anilines is 1. The number of halogens is 1. The van der Waals surface area contributed by atoms with E-state index in [1.165, 1.54) is 12.1 Å². The highest BCUT2D eigenvalue weighted by Crippen LogP contribution is 2.48. The molecule has 0 aromatic heterocycles. The Kier molecular flexibility index (Phi) is 5.11. The van der Waals surface area contributed by atoms with Gasteiger partial charge in [0.25, 0.3) is 0 Å². The molecule has 1 amide bonds. The summed E-state index contributed by atoms with van der Waals surface area (Å²) < 4.78 is 40.2. The fourth-order valence-electron chi connectivity index (χ4n) is 4.53. The number of carbonyl (C=O) groups excluding carboxylic acids is 1. The van der Waals surface area contributed by atoms with E-state index in [9.17, 15) is 17.6 Å². The first-order valence-corrected chi connectivity index (χ1v) is 11.6. The first kappa shape index (κ1) is 19.9. The molecule has 0 radical (unpaired) electrons. The van der Waals surface area contributed by atoms with Gasteiger partial charge in [0.15, 0.2) is 0 Å². The first-order valence-electron chi connectivity index (χ1n) is 9.97. The van der Waals surface area contributed by atoms with Crippen molar-refractivity contribution in [3.8, 4) is 0 Å². The lowest BCUT2D eigenvalue weighted by Crippen LogP contribution is -2.48. The number of carbonyl (C=O) groups is 1. The smallest absolute Gasteiger partial charge is 0.234 e. The molecule has 0 bridgehead atoms. The van der Waals surface area contributed by atoms with Crippen LogP contribution in [0.5, 0.6) is 0 Å². The van der Waals surface area contributed by atoms with Gasteiger partial charge in [0, 0.05) is 25.0 Å². The van der Waals surface area contributed by atoms with Crippen LogP contribution < -0.4 is 4.31 Å². The quantitative estimate of drug-likeness (QED) is 0.770. The summed E-state index contributed by atoms with van der Waals surface area (Å²) in [4.78, 5) is 14.5. The number of hydrogen-bond acceptors (Lipinski definition) is 3. The lowest BCUT2D eigenvalue weighted by molar-refractivity contribution is -0.132. The Morgan fingerprint density at radius 1 is 1.10 bits per heavy atom. The van der Waals surface area contributed by atoms with E-state index >= 15 is 0 Å². The van der Waals surface area contributed by atoms with Gasteiger partial charge < -0.3 is 4.90 Å². The van der Waals surface area contributed by atoms with Crippen molar-refractivity contribution in [3.63, 3.8) is 0 Å². The average molecular weight is 417 g/mol. The van der Waals surface area contributed by atoms with Crippen LogP contribution in [0.4, 0.5) is 10.1 Å². The molecule has 0 N–H and O–H groups in total. The topological polar surface area (TPSA) is 57.7 Å². The van der Waals surface area contributed by atoms with Crippen molar-refractivity contribution in [3.05, 3.63) is 65.5 Å². The minimum atomic E-state index is -3.34. The van der Waals surface area contributed by atoms with Gasteiger partial charge in [-0.15, -0.1) is 0 Å². The predicted molar refractivity (Wildman–Crippen MR) is 111 cm³/mol. The van der Waals surface area contributed by atoms with Crippen molar-refractivity contribution in [2.24, 2.45) is 0 Å². The van der Waals surface area contributed by atoms with Crippen molar-refractivity contribution in [1.29, 1.82) is 0 Å². The highest BCUT2D eigenvalue weighted by molar-refractivity contribution is 7.92. The van der Waals surface area contributed by atoms with E-state index in [2.05, 4.69) is 0 Å². The summed E-state index contributed by atoms with van der Waals surface area (Å²) in [5.74, 6) is -0.294. The Hall–Kier alpha value is -2.41. The van der Waals surface area contributed by atoms with Crippen LogP contribution in [0.3, 0.4) is 0 Å². The Bertz CT molecular complexity index is 1030. The van der Waals surface area contributed by atoms with Gasteiger partial charge in [-0.05, 0) is 49.1 Å². The fourth-order valence-corrected chi connectivity index (χ4v) is 5.75. The third-order valence-corrected chi connectivity index (χ3v) is 7.94. The van der Waals surface area contributed by atoms with E-state index < -0.39 is 10.0 Å². The zero-order valence-electron chi connectivity index (χ0n) is 16.5. The highest BCUT2D eigenvalue weighted by atomic mass is 32.2. The standard InChI is InChI=1S/C22H25FN2O3S/c1-2-29(27,28)25-16-22(19-8-3-4-9-20(19)25)10-12-24(13-11-22)21(26)15-17-6-5-7-18(23)14-17/h3-9,14H,2,10-13,15-16H2,1H3. The molecule has 154 valence electrons. The van der Waals surface area contributed by atoms with Crippen molar-refractivity contribution in [2.75, 3.05) is 29.7 Å². The minimum Gasteiger partial charge on any atom is -0.342 e. The van der Waals surface area contributed by atoms with Gasteiger partial charge in [-0.3, -0.25) is 9.10 Å². The Labute approximate surface area is 171 Å². The largest absolute Gasteiger partial charge is 0.342 e. The number of fused-ring (bicyclic) bond motifs is 2. The minimum absolute atomic E-state index is 0.0187. The molecular weight excluding hydrogens is 391 g/mol. The third-order valence-electron chi connectivity index (χ3n) is 6.21. The van der Waals surface area contributed by atoms with E-state index in [0.29, 0.717) is 38.0 Å². The lowest BCUT2D eigenvalue weighted by atomic mass is 9.74. The molecule has 0 saturated carbocycles. The maximum Gasteiger partial charge on any atom is 0.234 e. The van der Waals surface area contributed by atoms with Gasteiger partial charge in [-0.1, -0.05) is 30.3 Å². The molecular formula is C22H25FN2O3S. The number of para-hydroxylation sites is 1. The van der Waals surface area contributed by atoms with E-state index in [1.807, 2.05) is 29.2 Å². The third kappa shape index (κ3) is 3.64. The second-order valence-corrected chi connectivity index (χ2v) is 10.1. The zero-order valence-corrected chi connectivity index (χ0v) is 17.3. The summed E-state index contributed by atoms with van der Waals surface area (Å²) >= 11 is 0. The van der Waals surface area contributed by atoms with Crippen molar-refractivity contribution in [2.45, 2.75) is 31.6 Å². The number of piperidine rings is 1. The maximum absolute atomic E-state index is 13.4. The molecule has 7 heteroatoms. The predicted octanol–water partition coefficient (Wildman–Crippen LogP) is 3.10. The van der Waals surface area contributed by atoms with Crippen molar-refractivity contribution < 1.29 is 17.6 Å². The zero-order chi connectivity index (χ0) is 20.6. The molecule has 2 aliphatic rings. The Balaban J connectivity index is 1.51. The number of hydrogen-bond donors (Lipinski definition) is 0. The summed E-state index contributed by atoms with van der Waals surface area (Å²) in [7, 11) is -3.34. The van der Waals surface area contributed by atoms with Gasteiger partial charge in [0.1, 0.15) is 5.82 Å². The molecule has 5 nitrogen and oxygen atoms in total. The Morgan fingerprint density at radius 3 is 2.52 bits per heavy atom. The van der Waals surface area contributed by atoms with Gasteiger partial charge >= 0.3 is 0 Å². The lowest BCUT2D eigenvalue weighted by Gasteiger charge is -2.40. The molecule has 0 unspecified atom stereocenters. The van der Waals surface area contributed by atoms with E-state index in [0.717, 1.165) is 11.3 Å². The van der Waals surface area contributed by atoms with Crippen molar-refractivity contribution >= 4 is 21.6 Å². The molecule has 1 saturated heterocycles. The summed E-state index contributed by atoms with van der Waals surface area (Å²) in [5.41, 5.74) is 2.25. The van der Waals surface area contributed by atoms with Crippen molar-refractivity contribution in [1.82, 2.24) is 4.90 Å². The summed E-state index contributed by atoms with van der Waals surface area (Å²) in [6.07, 6.45) is 1.61. The van der Waals surface area contributed by atoms with Crippen LogP contribution in [-0.4, -0.2) is 44.6 Å². The molecule has 4 rings (SSSR count). The van der Waals surface area contributed by atoms with Gasteiger partial charge in [-0.2, -0.15) is 0 Å². The number of amides is 1. The van der Waals surface area contributed by atoms with Crippen LogP contribution in [-0.2, 0) is 26.7 Å². The molecule has 2 aromatic carbocycles. The first-order chi connectivity index (χ1) is 13.8. The van der Waals surface area contributed by atoms with Crippen LogP contribution in [0.25, 0.3) is 0 Å². The van der Waals surface area contributed by atoms with Gasteiger partial charge in [0.05, 0.1) is 17.9 Å². The monoisotopic (exact) mass is 416 g/mol. The molecule has 2 heterocycles. The number of benzene rings is 2. The SMILES string of the molecule is CCS(=O)(=O)N1CC2(CCN(C(=O)Cc3cccc(F)c3)CC2)c2ccccc21. The molecule has 0 atom stereocenters. The molecule has 1 spiro atoms. The summed E-state index contributed by atoms with van der Waals surface area (Å²) in [5, 5.41) is 0. The van der Waals surface area contributed by atoms with Crippen LogP contribution >= 0.6 is 0 Å². The summed E-state index contributed by atoms with van der Waals surface area (Å²) in [6.45, 7) is 3.25. The average Bonchev–Trinajstić information content (AvgIpc) is 3.04.